The van der Waals surface area contributed by atoms with Gasteiger partial charge in [0.25, 0.3) is 0 Å². The predicted molar refractivity (Wildman–Crippen MR) is 141 cm³/mol. The average molecular weight is 515 g/mol. The summed E-state index contributed by atoms with van der Waals surface area (Å²) in [5.74, 6) is -1.08. The molecule has 3 rings (SSSR count). The predicted octanol–water partition coefficient (Wildman–Crippen LogP) is 4.76. The Morgan fingerprint density at radius 3 is 2.62 bits per heavy atom. The summed E-state index contributed by atoms with van der Waals surface area (Å²) in [6.07, 6.45) is 2.51. The van der Waals surface area contributed by atoms with Gasteiger partial charge in [0.15, 0.2) is 5.58 Å². The number of aliphatic hydroxyl groups is 2. The van der Waals surface area contributed by atoms with Gasteiger partial charge >= 0.3 is 5.97 Å². The van der Waals surface area contributed by atoms with E-state index in [-0.39, 0.29) is 24.7 Å². The summed E-state index contributed by atoms with van der Waals surface area (Å²) in [5, 5.41) is 22.0. The summed E-state index contributed by atoms with van der Waals surface area (Å²) in [6, 6.07) is 5.46. The first-order chi connectivity index (χ1) is 17.5. The molecule has 0 fully saturated rings. The van der Waals surface area contributed by atoms with Crippen LogP contribution in [0.15, 0.2) is 34.3 Å². The first kappa shape index (κ1) is 29.0. The highest BCUT2D eigenvalue weighted by atomic mass is 16.5. The fraction of sp³-hybridized carbons (Fsp3) is 0.621. The maximum Gasteiger partial charge on any atom is 0.309 e. The van der Waals surface area contributed by atoms with Crippen LogP contribution in [0.2, 0.25) is 0 Å². The molecule has 204 valence electrons. The summed E-state index contributed by atoms with van der Waals surface area (Å²) >= 11 is 0. The van der Waals surface area contributed by atoms with E-state index in [2.05, 4.69) is 11.1 Å². The number of carbonyl (C=O) groups excluding carboxylic acids is 2. The molecular weight excluding hydrogens is 472 g/mol. The van der Waals surface area contributed by atoms with Crippen molar-refractivity contribution in [1.29, 1.82) is 0 Å². The second kappa shape index (κ2) is 12.3. The van der Waals surface area contributed by atoms with Crippen LogP contribution in [0.25, 0.3) is 11.1 Å². The number of esters is 1. The number of Topliss-reactive ketones (excluding diaryl/α,β-unsaturated/α-hetero) is 1. The normalized spacial score (nSPS) is 28.6. The lowest BCUT2D eigenvalue weighted by Gasteiger charge is -2.35. The zero-order valence-electron chi connectivity index (χ0n) is 22.7. The molecule has 37 heavy (non-hydrogen) atoms. The Balaban J connectivity index is 1.93. The van der Waals surface area contributed by atoms with Gasteiger partial charge < -0.3 is 25.1 Å². The monoisotopic (exact) mass is 514 g/mol. The zero-order chi connectivity index (χ0) is 27.3. The molecule has 1 aliphatic rings. The minimum absolute atomic E-state index is 0.0622. The van der Waals surface area contributed by atoms with Gasteiger partial charge in [-0.15, -0.1) is 0 Å². The van der Waals surface area contributed by atoms with E-state index in [0.717, 1.165) is 30.4 Å². The molecule has 0 radical (unpaired) electrons. The van der Waals surface area contributed by atoms with Gasteiger partial charge in [0.2, 0.25) is 5.89 Å². The van der Waals surface area contributed by atoms with Crippen LogP contribution in [0.1, 0.15) is 90.7 Å². The zero-order valence-corrected chi connectivity index (χ0v) is 22.7. The quantitative estimate of drug-likeness (QED) is 0.394. The summed E-state index contributed by atoms with van der Waals surface area (Å²) < 4.78 is 11.5. The maximum absolute atomic E-state index is 13.4. The number of hydrogen-bond acceptors (Lipinski definition) is 8. The lowest BCUT2D eigenvalue weighted by molar-refractivity contribution is -0.156. The Labute approximate surface area is 219 Å². The number of aromatic nitrogens is 1. The average Bonchev–Trinajstić information content (AvgIpc) is 3.28. The molecule has 8 heteroatoms. The molecule has 2 aromatic rings. The minimum atomic E-state index is -1.25. The standard InChI is InChI=1S/C29H42N2O6/c1-6-20-27(34)18(3)9-7-8-17(2)10-12-22(37-26(33)15-24(32)29(4,5)28(20)35)19-11-13-23-21(14-19)31-25(16-30)36-23/h10-11,13-14,18,20,22,24,27,32,34H,6-9,12,15-16,30H2,1-5H3. The molecule has 0 amide bonds. The molecule has 1 aromatic carbocycles. The van der Waals surface area contributed by atoms with Gasteiger partial charge in [0.05, 0.1) is 30.6 Å². The first-order valence-corrected chi connectivity index (χ1v) is 13.3. The molecule has 5 unspecified atom stereocenters. The van der Waals surface area contributed by atoms with Crippen LogP contribution < -0.4 is 5.73 Å². The first-order valence-electron chi connectivity index (χ1n) is 13.3. The van der Waals surface area contributed by atoms with Crippen LogP contribution in [0.4, 0.5) is 0 Å². The fourth-order valence-electron chi connectivity index (χ4n) is 5.06. The molecule has 0 saturated carbocycles. The van der Waals surface area contributed by atoms with E-state index in [1.165, 1.54) is 0 Å². The fourth-order valence-corrected chi connectivity index (χ4v) is 5.06. The summed E-state index contributed by atoms with van der Waals surface area (Å²) in [7, 11) is 0. The van der Waals surface area contributed by atoms with Crippen LogP contribution in [0, 0.1) is 17.3 Å². The molecule has 4 N–H and O–H groups in total. The summed E-state index contributed by atoms with van der Waals surface area (Å²) in [5.41, 5.74) is 7.59. The molecule has 0 aliphatic carbocycles. The molecule has 0 spiro atoms. The highest BCUT2D eigenvalue weighted by Crippen LogP contribution is 2.35. The van der Waals surface area contributed by atoms with Gasteiger partial charge in [-0.3, -0.25) is 9.59 Å². The van der Waals surface area contributed by atoms with E-state index in [1.54, 1.807) is 19.9 Å². The molecular formula is C29H42N2O6. The topological polar surface area (TPSA) is 136 Å². The number of carbonyl (C=O) groups is 2. The van der Waals surface area contributed by atoms with Crippen molar-refractivity contribution < 1.29 is 29.0 Å². The van der Waals surface area contributed by atoms with Crippen molar-refractivity contribution in [3.8, 4) is 0 Å². The lowest BCUT2D eigenvalue weighted by atomic mass is 9.71. The Kier molecular flexibility index (Phi) is 9.67. The van der Waals surface area contributed by atoms with Crippen molar-refractivity contribution in [2.45, 2.75) is 98.0 Å². The number of ketones is 1. The second-order valence-electron chi connectivity index (χ2n) is 11.0. The Bertz CT molecular complexity index is 1120. The number of fused-ring (bicyclic) bond motifs is 1. The van der Waals surface area contributed by atoms with Crippen LogP contribution in [-0.2, 0) is 20.9 Å². The third kappa shape index (κ3) is 6.86. The number of oxazole rings is 1. The van der Waals surface area contributed by atoms with Gasteiger partial charge in [-0.2, -0.15) is 0 Å². The second-order valence-corrected chi connectivity index (χ2v) is 11.0. The van der Waals surface area contributed by atoms with Crippen molar-refractivity contribution in [2.24, 2.45) is 23.0 Å². The van der Waals surface area contributed by atoms with Crippen LogP contribution in [0.3, 0.4) is 0 Å². The molecule has 1 aliphatic heterocycles. The van der Waals surface area contributed by atoms with E-state index < -0.39 is 35.6 Å². The van der Waals surface area contributed by atoms with Gasteiger partial charge in [0, 0.05) is 12.3 Å². The van der Waals surface area contributed by atoms with Crippen molar-refractivity contribution in [3.63, 3.8) is 0 Å². The number of nitrogens with zero attached hydrogens (tertiary/aromatic N) is 1. The molecule has 0 bridgehead atoms. The third-order valence-electron chi connectivity index (χ3n) is 7.79. The van der Waals surface area contributed by atoms with E-state index in [9.17, 15) is 19.8 Å². The molecule has 2 heterocycles. The molecule has 8 nitrogen and oxygen atoms in total. The summed E-state index contributed by atoms with van der Waals surface area (Å²) in [4.78, 5) is 30.8. The molecule has 1 aromatic heterocycles. The van der Waals surface area contributed by atoms with E-state index in [0.29, 0.717) is 29.8 Å². The summed E-state index contributed by atoms with van der Waals surface area (Å²) in [6.45, 7) is 9.33. The van der Waals surface area contributed by atoms with Crippen molar-refractivity contribution in [1.82, 2.24) is 4.98 Å². The van der Waals surface area contributed by atoms with Crippen molar-refractivity contribution in [2.75, 3.05) is 0 Å². The van der Waals surface area contributed by atoms with E-state index in [4.69, 9.17) is 14.9 Å². The van der Waals surface area contributed by atoms with Crippen LogP contribution in [-0.4, -0.2) is 39.2 Å². The van der Waals surface area contributed by atoms with Gasteiger partial charge in [-0.05, 0) is 56.2 Å². The number of aliphatic hydroxyl groups excluding tert-OH is 2. The van der Waals surface area contributed by atoms with E-state index >= 15 is 0 Å². The number of benzene rings is 1. The molecule has 0 saturated heterocycles. The van der Waals surface area contributed by atoms with Gasteiger partial charge in [-0.1, -0.05) is 45.4 Å². The smallest absolute Gasteiger partial charge is 0.309 e. The molecule has 5 atom stereocenters. The number of rotatable bonds is 3. The maximum atomic E-state index is 13.4. The minimum Gasteiger partial charge on any atom is -0.457 e. The number of hydrogen-bond donors (Lipinski definition) is 3. The van der Waals surface area contributed by atoms with Crippen molar-refractivity contribution >= 4 is 22.9 Å². The Hall–Kier alpha value is -2.55. The van der Waals surface area contributed by atoms with Crippen LogP contribution >= 0.6 is 0 Å². The number of allylic oxidation sites excluding steroid dienone is 1. The van der Waals surface area contributed by atoms with E-state index in [1.807, 2.05) is 32.9 Å². The van der Waals surface area contributed by atoms with Crippen molar-refractivity contribution in [3.05, 3.63) is 41.3 Å². The van der Waals surface area contributed by atoms with Gasteiger partial charge in [-0.25, -0.2) is 4.98 Å². The highest BCUT2D eigenvalue weighted by molar-refractivity contribution is 5.88. The largest absolute Gasteiger partial charge is 0.457 e. The Morgan fingerprint density at radius 1 is 1.22 bits per heavy atom. The third-order valence-corrected chi connectivity index (χ3v) is 7.79. The highest BCUT2D eigenvalue weighted by Gasteiger charge is 2.43. The number of ether oxygens (including phenoxy) is 1. The Morgan fingerprint density at radius 2 is 1.95 bits per heavy atom. The lowest BCUT2D eigenvalue weighted by Crippen LogP contribution is -2.46. The number of cyclic esters (lactones) is 1. The SMILES string of the molecule is CCC1C(=O)C(C)(C)C(O)CC(=O)OC(c2ccc3oc(CN)nc3c2)CC=C(C)CCCC(C)C1O. The van der Waals surface area contributed by atoms with Gasteiger partial charge in [0.1, 0.15) is 17.4 Å². The van der Waals surface area contributed by atoms with Crippen LogP contribution in [0.5, 0.6) is 0 Å². The number of nitrogens with two attached hydrogens (primary N) is 1.